The van der Waals surface area contributed by atoms with Gasteiger partial charge in [0.05, 0.1) is 25.1 Å². The molecule has 5 heteroatoms. The van der Waals surface area contributed by atoms with Gasteiger partial charge in [-0.15, -0.1) is 0 Å². The van der Waals surface area contributed by atoms with Gasteiger partial charge in [-0.2, -0.15) is 0 Å². The smallest absolute Gasteiger partial charge is 0.164 e. The lowest BCUT2D eigenvalue weighted by Gasteiger charge is -2.30. The summed E-state index contributed by atoms with van der Waals surface area (Å²) in [5, 5.41) is 1.04. The van der Waals surface area contributed by atoms with E-state index >= 15 is 0 Å². The van der Waals surface area contributed by atoms with Gasteiger partial charge < -0.3 is 14.4 Å². The van der Waals surface area contributed by atoms with Gasteiger partial charge in [0.25, 0.3) is 0 Å². The summed E-state index contributed by atoms with van der Waals surface area (Å²) in [5.41, 5.74) is 3.13. The van der Waals surface area contributed by atoms with Crippen LogP contribution in [0.15, 0.2) is 42.7 Å². The Hall–Kier alpha value is -2.82. The van der Waals surface area contributed by atoms with E-state index in [-0.39, 0.29) is 0 Å². The molecule has 4 rings (SSSR count). The van der Waals surface area contributed by atoms with Crippen LogP contribution in [0.4, 0.5) is 11.5 Å². The van der Waals surface area contributed by atoms with Crippen molar-refractivity contribution in [3.8, 4) is 11.5 Å². The number of rotatable bonds is 3. The lowest BCUT2D eigenvalue weighted by Crippen LogP contribution is -2.26. The minimum absolute atomic E-state index is 0.716. The lowest BCUT2D eigenvalue weighted by atomic mass is 9.99. The molecule has 0 aliphatic carbocycles. The number of ether oxygens (including phenoxy) is 2. The van der Waals surface area contributed by atoms with Gasteiger partial charge in [-0.3, -0.25) is 0 Å². The van der Waals surface area contributed by atoms with Crippen molar-refractivity contribution in [3.05, 3.63) is 48.3 Å². The van der Waals surface area contributed by atoms with Crippen LogP contribution in [0.5, 0.6) is 11.5 Å². The molecule has 2 aromatic carbocycles. The van der Waals surface area contributed by atoms with E-state index in [0.717, 1.165) is 46.7 Å². The normalized spacial score (nSPS) is 13.2. The van der Waals surface area contributed by atoms with Crippen LogP contribution in [0.1, 0.15) is 5.56 Å². The third kappa shape index (κ3) is 2.08. The highest BCUT2D eigenvalue weighted by atomic mass is 16.5. The van der Waals surface area contributed by atoms with E-state index in [4.69, 9.17) is 9.47 Å². The van der Waals surface area contributed by atoms with Crippen molar-refractivity contribution in [1.82, 2.24) is 9.97 Å². The van der Waals surface area contributed by atoms with E-state index in [0.29, 0.717) is 5.75 Å². The molecule has 0 N–H and O–H groups in total. The predicted octanol–water partition coefficient (Wildman–Crippen LogP) is 3.34. The van der Waals surface area contributed by atoms with Crippen LogP contribution in [0.2, 0.25) is 0 Å². The molecule has 0 spiro atoms. The maximum atomic E-state index is 5.60. The van der Waals surface area contributed by atoms with E-state index in [9.17, 15) is 0 Å². The van der Waals surface area contributed by atoms with Gasteiger partial charge in [0.2, 0.25) is 0 Å². The highest BCUT2D eigenvalue weighted by molar-refractivity contribution is 5.98. The number of anilines is 2. The van der Waals surface area contributed by atoms with Gasteiger partial charge in [-0.25, -0.2) is 9.97 Å². The Bertz CT molecular complexity index is 865. The molecule has 0 bridgehead atoms. The van der Waals surface area contributed by atoms with Gasteiger partial charge >= 0.3 is 0 Å². The molecule has 0 atom stereocenters. The maximum Gasteiger partial charge on any atom is 0.164 e. The van der Waals surface area contributed by atoms with Crippen molar-refractivity contribution in [2.45, 2.75) is 6.42 Å². The molecule has 1 aliphatic rings. The van der Waals surface area contributed by atoms with Crippen LogP contribution in [0.25, 0.3) is 10.9 Å². The SMILES string of the molecule is COc1cc2ncnc3c2c(c1OC)CCN3c1ccccc1. The highest BCUT2D eigenvalue weighted by Gasteiger charge is 2.26. The van der Waals surface area contributed by atoms with Gasteiger partial charge in [0.15, 0.2) is 11.5 Å². The third-order valence-corrected chi connectivity index (χ3v) is 4.26. The zero-order valence-corrected chi connectivity index (χ0v) is 13.1. The fourth-order valence-electron chi connectivity index (χ4n) is 3.25. The number of nitrogens with zero attached hydrogens (tertiary/aromatic N) is 3. The quantitative estimate of drug-likeness (QED) is 0.742. The van der Waals surface area contributed by atoms with Crippen molar-refractivity contribution in [1.29, 1.82) is 0 Å². The van der Waals surface area contributed by atoms with Crippen LogP contribution in [-0.2, 0) is 6.42 Å². The average Bonchev–Trinajstić information content (AvgIpc) is 2.62. The number of aromatic nitrogens is 2. The minimum atomic E-state index is 0.716. The van der Waals surface area contributed by atoms with E-state index < -0.39 is 0 Å². The zero-order chi connectivity index (χ0) is 15.8. The Morgan fingerprint density at radius 2 is 1.87 bits per heavy atom. The van der Waals surface area contributed by atoms with E-state index in [1.807, 2.05) is 24.3 Å². The number of hydrogen-bond acceptors (Lipinski definition) is 5. The molecule has 1 aromatic heterocycles. The Morgan fingerprint density at radius 3 is 2.61 bits per heavy atom. The van der Waals surface area contributed by atoms with Crippen LogP contribution in [-0.4, -0.2) is 30.7 Å². The Labute approximate surface area is 134 Å². The molecule has 0 unspecified atom stereocenters. The van der Waals surface area contributed by atoms with Gasteiger partial charge in [-0.05, 0) is 18.6 Å². The summed E-state index contributed by atoms with van der Waals surface area (Å²) in [6, 6.07) is 12.2. The average molecular weight is 307 g/mol. The van der Waals surface area contributed by atoms with E-state index in [2.05, 4.69) is 27.0 Å². The van der Waals surface area contributed by atoms with Crippen molar-refractivity contribution < 1.29 is 9.47 Å². The number of para-hydroxylation sites is 1. The predicted molar refractivity (Wildman–Crippen MR) is 89.8 cm³/mol. The Kier molecular flexibility index (Phi) is 3.26. The molecule has 2 heterocycles. The topological polar surface area (TPSA) is 47.5 Å². The summed E-state index contributed by atoms with van der Waals surface area (Å²) in [6.07, 6.45) is 2.46. The van der Waals surface area contributed by atoms with Gasteiger partial charge in [-0.1, -0.05) is 18.2 Å². The second kappa shape index (κ2) is 5.43. The zero-order valence-electron chi connectivity index (χ0n) is 13.1. The monoisotopic (exact) mass is 307 g/mol. The van der Waals surface area contributed by atoms with E-state index in [1.54, 1.807) is 20.5 Å². The highest BCUT2D eigenvalue weighted by Crippen LogP contribution is 2.44. The first-order chi connectivity index (χ1) is 11.3. The van der Waals surface area contributed by atoms with Crippen LogP contribution < -0.4 is 14.4 Å². The Morgan fingerprint density at radius 1 is 1.04 bits per heavy atom. The number of methoxy groups -OCH3 is 2. The molecule has 23 heavy (non-hydrogen) atoms. The molecule has 0 amide bonds. The third-order valence-electron chi connectivity index (χ3n) is 4.26. The summed E-state index contributed by atoms with van der Waals surface area (Å²) in [5.74, 6) is 2.42. The molecule has 5 nitrogen and oxygen atoms in total. The first kappa shape index (κ1) is 13.8. The minimum Gasteiger partial charge on any atom is -0.493 e. The fourth-order valence-corrected chi connectivity index (χ4v) is 3.25. The standard InChI is InChI=1S/C18H17N3O2/c1-22-15-10-14-16-13(17(15)23-2)8-9-21(18(16)20-11-19-14)12-6-4-3-5-7-12/h3-7,10-11H,8-9H2,1-2H3. The summed E-state index contributed by atoms with van der Waals surface area (Å²) < 4.78 is 11.1. The fraction of sp³-hybridized carbons (Fsp3) is 0.222. The van der Waals surface area contributed by atoms with Gasteiger partial charge in [0, 0.05) is 23.9 Å². The van der Waals surface area contributed by atoms with Crippen molar-refractivity contribution in [2.75, 3.05) is 25.7 Å². The molecular weight excluding hydrogens is 290 g/mol. The van der Waals surface area contributed by atoms with Crippen LogP contribution in [0, 0.1) is 0 Å². The van der Waals surface area contributed by atoms with Crippen LogP contribution >= 0.6 is 0 Å². The van der Waals surface area contributed by atoms with Crippen molar-refractivity contribution >= 4 is 22.4 Å². The first-order valence-corrected chi connectivity index (χ1v) is 7.54. The second-order valence-electron chi connectivity index (χ2n) is 5.42. The molecule has 0 radical (unpaired) electrons. The molecule has 0 saturated heterocycles. The van der Waals surface area contributed by atoms with Crippen molar-refractivity contribution in [2.24, 2.45) is 0 Å². The summed E-state index contributed by atoms with van der Waals surface area (Å²) in [6.45, 7) is 0.840. The summed E-state index contributed by atoms with van der Waals surface area (Å²) in [7, 11) is 3.32. The van der Waals surface area contributed by atoms with Gasteiger partial charge in [0.1, 0.15) is 12.1 Å². The number of benzene rings is 2. The molecule has 3 aromatic rings. The number of hydrogen-bond donors (Lipinski definition) is 0. The molecule has 1 aliphatic heterocycles. The summed E-state index contributed by atoms with van der Waals surface area (Å²) in [4.78, 5) is 11.2. The lowest BCUT2D eigenvalue weighted by molar-refractivity contribution is 0.352. The van der Waals surface area contributed by atoms with Crippen LogP contribution in [0.3, 0.4) is 0 Å². The van der Waals surface area contributed by atoms with Crippen molar-refractivity contribution in [3.63, 3.8) is 0 Å². The molecular formula is C18H17N3O2. The summed E-state index contributed by atoms with van der Waals surface area (Å²) >= 11 is 0. The largest absolute Gasteiger partial charge is 0.493 e. The van der Waals surface area contributed by atoms with E-state index in [1.165, 1.54) is 0 Å². The molecule has 0 saturated carbocycles. The Balaban J connectivity index is 1.99. The second-order valence-corrected chi connectivity index (χ2v) is 5.42. The first-order valence-electron chi connectivity index (χ1n) is 7.54. The maximum absolute atomic E-state index is 5.60. The molecule has 116 valence electrons. The molecule has 0 fully saturated rings.